The van der Waals surface area contributed by atoms with Crippen molar-refractivity contribution in [3.63, 3.8) is 0 Å². The van der Waals surface area contributed by atoms with Crippen LogP contribution in [0.3, 0.4) is 0 Å². The van der Waals surface area contributed by atoms with Crippen LogP contribution in [-0.2, 0) is 5.75 Å². The van der Waals surface area contributed by atoms with Crippen LogP contribution in [0.4, 0.5) is 0 Å². The van der Waals surface area contributed by atoms with Crippen LogP contribution in [0.1, 0.15) is 41.8 Å². The predicted octanol–water partition coefficient (Wildman–Crippen LogP) is 2.58. The molecular weight excluding hydrogens is 266 g/mol. The second kappa shape index (κ2) is 5.83. The summed E-state index contributed by atoms with van der Waals surface area (Å²) >= 11 is 1.42. The van der Waals surface area contributed by atoms with Gasteiger partial charge in [0, 0.05) is 12.1 Å². The molecule has 1 N–H and O–H groups in total. The first-order chi connectivity index (χ1) is 9.06. The molecule has 6 nitrogen and oxygen atoms in total. The van der Waals surface area contributed by atoms with Crippen molar-refractivity contribution in [2.24, 2.45) is 0 Å². The number of carbonyl (C=O) groups is 1. The summed E-state index contributed by atoms with van der Waals surface area (Å²) in [6, 6.07) is 3.18. The van der Waals surface area contributed by atoms with Gasteiger partial charge < -0.3 is 9.63 Å². The number of pyridine rings is 1. The molecule has 0 radical (unpaired) electrons. The molecule has 0 aliphatic heterocycles. The van der Waals surface area contributed by atoms with E-state index in [-0.39, 0.29) is 11.5 Å². The van der Waals surface area contributed by atoms with E-state index in [4.69, 9.17) is 9.63 Å². The molecule has 0 saturated carbocycles. The fourth-order valence-corrected chi connectivity index (χ4v) is 1.97. The fraction of sp³-hybridized carbons (Fsp3) is 0.333. The van der Waals surface area contributed by atoms with Crippen molar-refractivity contribution in [2.75, 3.05) is 0 Å². The molecule has 2 heterocycles. The standard InChI is InChI=1S/C12H13N3O3S/c1-7(2)11-14-9(18-15-11)6-19-10-4-3-8(5-13-10)12(16)17/h3-5,7H,6H2,1-2H3,(H,16,17). The summed E-state index contributed by atoms with van der Waals surface area (Å²) in [5, 5.41) is 13.3. The average molecular weight is 279 g/mol. The zero-order chi connectivity index (χ0) is 13.8. The number of carboxylic acids is 1. The van der Waals surface area contributed by atoms with Gasteiger partial charge in [-0.25, -0.2) is 9.78 Å². The third-order valence-corrected chi connectivity index (χ3v) is 3.26. The normalized spacial score (nSPS) is 10.9. The number of aromatic carboxylic acids is 1. The molecule has 2 rings (SSSR count). The Balaban J connectivity index is 1.96. The van der Waals surface area contributed by atoms with E-state index in [1.165, 1.54) is 24.0 Å². The minimum Gasteiger partial charge on any atom is -0.478 e. The molecule has 2 aromatic heterocycles. The van der Waals surface area contributed by atoms with Gasteiger partial charge in [-0.3, -0.25) is 0 Å². The van der Waals surface area contributed by atoms with Gasteiger partial charge in [0.05, 0.1) is 16.3 Å². The lowest BCUT2D eigenvalue weighted by atomic mass is 10.2. The number of thioether (sulfide) groups is 1. The summed E-state index contributed by atoms with van der Waals surface area (Å²) in [5.41, 5.74) is 0.171. The second-order valence-electron chi connectivity index (χ2n) is 4.18. The molecule has 0 bridgehead atoms. The van der Waals surface area contributed by atoms with Crippen LogP contribution >= 0.6 is 11.8 Å². The van der Waals surface area contributed by atoms with Gasteiger partial charge in [0.2, 0.25) is 5.89 Å². The van der Waals surface area contributed by atoms with E-state index in [0.29, 0.717) is 22.5 Å². The molecule has 0 saturated heterocycles. The van der Waals surface area contributed by atoms with Crippen LogP contribution in [0.2, 0.25) is 0 Å². The maximum atomic E-state index is 10.7. The third kappa shape index (κ3) is 3.54. The van der Waals surface area contributed by atoms with Gasteiger partial charge in [0.25, 0.3) is 0 Å². The van der Waals surface area contributed by atoms with E-state index in [9.17, 15) is 4.79 Å². The molecule has 2 aromatic rings. The Morgan fingerprint density at radius 1 is 1.47 bits per heavy atom. The van der Waals surface area contributed by atoms with Gasteiger partial charge in [-0.15, -0.1) is 0 Å². The van der Waals surface area contributed by atoms with Crippen molar-refractivity contribution in [1.82, 2.24) is 15.1 Å². The first-order valence-corrected chi connectivity index (χ1v) is 6.69. The summed E-state index contributed by atoms with van der Waals surface area (Å²) < 4.78 is 5.11. The highest BCUT2D eigenvalue weighted by Crippen LogP contribution is 2.21. The summed E-state index contributed by atoms with van der Waals surface area (Å²) in [6.07, 6.45) is 1.33. The van der Waals surface area contributed by atoms with Gasteiger partial charge in [0.1, 0.15) is 0 Å². The quantitative estimate of drug-likeness (QED) is 0.841. The molecule has 0 spiro atoms. The molecule has 0 aliphatic rings. The molecule has 0 aromatic carbocycles. The van der Waals surface area contributed by atoms with Crippen LogP contribution in [0, 0.1) is 0 Å². The molecule has 100 valence electrons. The van der Waals surface area contributed by atoms with Gasteiger partial charge >= 0.3 is 5.97 Å². The number of nitrogens with zero attached hydrogens (tertiary/aromatic N) is 3. The molecule has 0 unspecified atom stereocenters. The first-order valence-electron chi connectivity index (χ1n) is 5.71. The van der Waals surface area contributed by atoms with Crippen molar-refractivity contribution >= 4 is 17.7 Å². The second-order valence-corrected chi connectivity index (χ2v) is 5.18. The SMILES string of the molecule is CC(C)c1noc(CSc2ccc(C(=O)O)cn2)n1. The molecule has 0 fully saturated rings. The monoisotopic (exact) mass is 279 g/mol. The Labute approximate surface area is 114 Å². The van der Waals surface area contributed by atoms with Crippen LogP contribution in [0.5, 0.6) is 0 Å². The van der Waals surface area contributed by atoms with Crippen LogP contribution in [0.25, 0.3) is 0 Å². The van der Waals surface area contributed by atoms with E-state index in [1.54, 1.807) is 6.07 Å². The highest BCUT2D eigenvalue weighted by atomic mass is 32.2. The maximum absolute atomic E-state index is 10.7. The van der Waals surface area contributed by atoms with Crippen molar-refractivity contribution < 1.29 is 14.4 Å². The highest BCUT2D eigenvalue weighted by molar-refractivity contribution is 7.98. The van der Waals surface area contributed by atoms with Gasteiger partial charge in [0.15, 0.2) is 5.82 Å². The minimum absolute atomic E-state index is 0.171. The predicted molar refractivity (Wildman–Crippen MR) is 69.1 cm³/mol. The zero-order valence-electron chi connectivity index (χ0n) is 10.5. The van der Waals surface area contributed by atoms with Crippen molar-refractivity contribution in [3.8, 4) is 0 Å². The number of hydrogen-bond acceptors (Lipinski definition) is 6. The Kier molecular flexibility index (Phi) is 4.16. The first kappa shape index (κ1) is 13.5. The Bertz CT molecular complexity index is 566. The molecule has 0 aliphatic carbocycles. The third-order valence-electron chi connectivity index (χ3n) is 2.33. The summed E-state index contributed by atoms with van der Waals surface area (Å²) in [7, 11) is 0. The van der Waals surface area contributed by atoms with Crippen LogP contribution in [0.15, 0.2) is 27.9 Å². The maximum Gasteiger partial charge on any atom is 0.337 e. The Hall–Kier alpha value is -1.89. The van der Waals surface area contributed by atoms with E-state index in [2.05, 4.69) is 15.1 Å². The lowest BCUT2D eigenvalue weighted by Gasteiger charge is -1.98. The van der Waals surface area contributed by atoms with Gasteiger partial charge in [-0.05, 0) is 12.1 Å². The highest BCUT2D eigenvalue weighted by Gasteiger charge is 2.10. The average Bonchev–Trinajstić information content (AvgIpc) is 2.86. The fourth-order valence-electron chi connectivity index (χ4n) is 1.29. The minimum atomic E-state index is -0.984. The molecule has 0 amide bonds. The Morgan fingerprint density at radius 3 is 2.79 bits per heavy atom. The van der Waals surface area contributed by atoms with Crippen LogP contribution < -0.4 is 0 Å². The van der Waals surface area contributed by atoms with Gasteiger partial charge in [-0.1, -0.05) is 30.8 Å². The number of hydrogen-bond donors (Lipinski definition) is 1. The smallest absolute Gasteiger partial charge is 0.337 e. The summed E-state index contributed by atoms with van der Waals surface area (Å²) in [4.78, 5) is 19.0. The van der Waals surface area contributed by atoms with Crippen molar-refractivity contribution in [3.05, 3.63) is 35.6 Å². The van der Waals surface area contributed by atoms with Crippen molar-refractivity contribution in [1.29, 1.82) is 0 Å². The van der Waals surface area contributed by atoms with E-state index in [0.717, 1.165) is 0 Å². The molecule has 7 heteroatoms. The molecule has 0 atom stereocenters. The lowest BCUT2D eigenvalue weighted by Crippen LogP contribution is -1.96. The molecular formula is C12H13N3O3S. The topological polar surface area (TPSA) is 89.1 Å². The Morgan fingerprint density at radius 2 is 2.26 bits per heavy atom. The van der Waals surface area contributed by atoms with E-state index < -0.39 is 5.97 Å². The van der Waals surface area contributed by atoms with Crippen LogP contribution in [-0.4, -0.2) is 26.2 Å². The number of rotatable bonds is 5. The van der Waals surface area contributed by atoms with E-state index in [1.807, 2.05) is 13.8 Å². The zero-order valence-corrected chi connectivity index (χ0v) is 11.3. The summed E-state index contributed by atoms with van der Waals surface area (Å²) in [6.45, 7) is 3.99. The molecule has 19 heavy (non-hydrogen) atoms. The van der Waals surface area contributed by atoms with Gasteiger partial charge in [-0.2, -0.15) is 4.98 Å². The number of aromatic nitrogens is 3. The lowest BCUT2D eigenvalue weighted by molar-refractivity contribution is 0.0696. The van der Waals surface area contributed by atoms with Crippen molar-refractivity contribution in [2.45, 2.75) is 30.5 Å². The summed E-state index contributed by atoms with van der Waals surface area (Å²) in [5.74, 6) is 0.986. The number of carboxylic acid groups (broad SMARTS) is 1. The van der Waals surface area contributed by atoms with E-state index >= 15 is 0 Å². The largest absolute Gasteiger partial charge is 0.478 e.